The minimum Gasteiger partial charge on any atom is -0.311 e. The van der Waals surface area contributed by atoms with Crippen molar-refractivity contribution in [3.8, 4) is 22.3 Å². The zero-order valence-electron chi connectivity index (χ0n) is 20.8. The van der Waals surface area contributed by atoms with Crippen LogP contribution in [0.15, 0.2) is 152 Å². The fourth-order valence-corrected chi connectivity index (χ4v) is 6.31. The Balaban J connectivity index is 1.25. The normalized spacial score (nSPS) is 11.2. The number of anilines is 3. The minimum atomic E-state index is 1.13. The van der Waals surface area contributed by atoms with Crippen LogP contribution in [-0.2, 0) is 0 Å². The van der Waals surface area contributed by atoms with E-state index in [-0.39, 0.29) is 0 Å². The van der Waals surface area contributed by atoms with Gasteiger partial charge in [0.15, 0.2) is 0 Å². The topological polar surface area (TPSA) is 3.24 Å². The molecule has 2 heteroatoms. The number of hydrogen-bond donors (Lipinski definition) is 0. The van der Waals surface area contributed by atoms with Crippen LogP contribution in [0.4, 0.5) is 17.1 Å². The molecule has 0 fully saturated rings. The van der Waals surface area contributed by atoms with Crippen LogP contribution in [0.2, 0.25) is 0 Å². The molecule has 0 spiro atoms. The van der Waals surface area contributed by atoms with Crippen molar-refractivity contribution in [1.29, 1.82) is 0 Å². The van der Waals surface area contributed by atoms with E-state index in [1.165, 1.54) is 42.4 Å². The molecule has 180 valence electrons. The molecule has 6 aromatic carbocycles. The van der Waals surface area contributed by atoms with E-state index < -0.39 is 0 Å². The van der Waals surface area contributed by atoms with Gasteiger partial charge in [-0.25, -0.2) is 0 Å². The minimum absolute atomic E-state index is 1.13. The van der Waals surface area contributed by atoms with E-state index >= 15 is 0 Å². The van der Waals surface area contributed by atoms with Crippen molar-refractivity contribution >= 4 is 48.6 Å². The highest BCUT2D eigenvalue weighted by atomic mass is 32.1. The molecule has 0 aliphatic rings. The molecule has 38 heavy (non-hydrogen) atoms. The number of benzene rings is 6. The summed E-state index contributed by atoms with van der Waals surface area (Å²) >= 11 is 1.86. The van der Waals surface area contributed by atoms with Crippen LogP contribution in [-0.4, -0.2) is 0 Å². The Morgan fingerprint density at radius 2 is 0.816 bits per heavy atom. The highest BCUT2D eigenvalue weighted by molar-refractivity contribution is 7.25. The molecule has 0 bridgehead atoms. The molecular formula is C36H25NS. The zero-order chi connectivity index (χ0) is 25.3. The molecule has 1 nitrogen and oxygen atoms in total. The Morgan fingerprint density at radius 1 is 0.342 bits per heavy atom. The molecule has 0 aliphatic heterocycles. The van der Waals surface area contributed by atoms with Gasteiger partial charge in [0.2, 0.25) is 0 Å². The smallest absolute Gasteiger partial charge is 0.0462 e. The highest BCUT2D eigenvalue weighted by Gasteiger charge is 2.13. The average molecular weight is 504 g/mol. The van der Waals surface area contributed by atoms with Crippen LogP contribution >= 0.6 is 11.3 Å². The predicted octanol–water partition coefficient (Wildman–Crippen LogP) is 10.9. The number of para-hydroxylation sites is 1. The Morgan fingerprint density at radius 3 is 1.50 bits per heavy atom. The molecule has 1 heterocycles. The fourth-order valence-electron chi connectivity index (χ4n) is 5.17. The average Bonchev–Trinajstić information content (AvgIpc) is 3.37. The SMILES string of the molecule is c1ccc(-c2ccc(N(c3ccccc3)c3ccc(-c4ccc5c(c4)sc4ccccc45)cc3)cc2)cc1. The molecule has 0 radical (unpaired) electrons. The van der Waals surface area contributed by atoms with Crippen molar-refractivity contribution < 1.29 is 0 Å². The van der Waals surface area contributed by atoms with Gasteiger partial charge in [-0.05, 0) is 70.8 Å². The van der Waals surface area contributed by atoms with Crippen molar-refractivity contribution in [2.24, 2.45) is 0 Å². The summed E-state index contributed by atoms with van der Waals surface area (Å²) in [6, 6.07) is 54.3. The van der Waals surface area contributed by atoms with Crippen LogP contribution in [0.5, 0.6) is 0 Å². The molecule has 0 aliphatic carbocycles. The molecule has 0 unspecified atom stereocenters. The Hall–Kier alpha value is -4.66. The van der Waals surface area contributed by atoms with Crippen LogP contribution in [0.3, 0.4) is 0 Å². The number of rotatable bonds is 5. The van der Waals surface area contributed by atoms with Gasteiger partial charge >= 0.3 is 0 Å². The Kier molecular flexibility index (Phi) is 5.73. The van der Waals surface area contributed by atoms with Gasteiger partial charge in [-0.3, -0.25) is 0 Å². The van der Waals surface area contributed by atoms with E-state index in [2.05, 4.69) is 157 Å². The number of fused-ring (bicyclic) bond motifs is 3. The van der Waals surface area contributed by atoms with Gasteiger partial charge in [-0.2, -0.15) is 0 Å². The van der Waals surface area contributed by atoms with Gasteiger partial charge < -0.3 is 4.90 Å². The molecule has 0 amide bonds. The number of nitrogens with zero attached hydrogens (tertiary/aromatic N) is 1. The quantitative estimate of drug-likeness (QED) is 0.226. The Bertz CT molecular complexity index is 1830. The van der Waals surface area contributed by atoms with Crippen LogP contribution in [0.1, 0.15) is 0 Å². The van der Waals surface area contributed by atoms with Gasteiger partial charge in [-0.1, -0.05) is 103 Å². The first-order valence-electron chi connectivity index (χ1n) is 12.9. The lowest BCUT2D eigenvalue weighted by molar-refractivity contribution is 1.28. The lowest BCUT2D eigenvalue weighted by atomic mass is 10.0. The summed E-state index contributed by atoms with van der Waals surface area (Å²) in [4.78, 5) is 2.31. The van der Waals surface area contributed by atoms with Crippen molar-refractivity contribution in [3.63, 3.8) is 0 Å². The number of hydrogen-bond acceptors (Lipinski definition) is 2. The second kappa shape index (κ2) is 9.66. The van der Waals surface area contributed by atoms with Gasteiger partial charge in [0.05, 0.1) is 0 Å². The summed E-state index contributed by atoms with van der Waals surface area (Å²) in [5.41, 5.74) is 8.32. The van der Waals surface area contributed by atoms with Gasteiger partial charge in [0, 0.05) is 37.2 Å². The summed E-state index contributed by atoms with van der Waals surface area (Å²) in [6.07, 6.45) is 0. The molecule has 1 aromatic heterocycles. The van der Waals surface area contributed by atoms with Crippen LogP contribution < -0.4 is 4.90 Å². The molecule has 7 rings (SSSR count). The van der Waals surface area contributed by atoms with Crippen LogP contribution in [0.25, 0.3) is 42.4 Å². The third-order valence-corrected chi connectivity index (χ3v) is 8.22. The second-order valence-corrected chi connectivity index (χ2v) is 10.5. The van der Waals surface area contributed by atoms with E-state index in [9.17, 15) is 0 Å². The highest BCUT2D eigenvalue weighted by Crippen LogP contribution is 2.38. The number of thiophene rings is 1. The summed E-state index contributed by atoms with van der Waals surface area (Å²) in [7, 11) is 0. The van der Waals surface area contributed by atoms with E-state index in [1.807, 2.05) is 11.3 Å². The zero-order valence-corrected chi connectivity index (χ0v) is 21.6. The fraction of sp³-hybridized carbons (Fsp3) is 0. The molecule has 0 saturated carbocycles. The van der Waals surface area contributed by atoms with Crippen LogP contribution in [0, 0.1) is 0 Å². The summed E-state index contributed by atoms with van der Waals surface area (Å²) < 4.78 is 2.67. The van der Waals surface area contributed by atoms with E-state index in [0.29, 0.717) is 0 Å². The molecular weight excluding hydrogens is 478 g/mol. The van der Waals surface area contributed by atoms with Crippen molar-refractivity contribution in [2.45, 2.75) is 0 Å². The lowest BCUT2D eigenvalue weighted by Gasteiger charge is -2.26. The largest absolute Gasteiger partial charge is 0.311 e. The first-order chi connectivity index (χ1) is 18.8. The maximum atomic E-state index is 2.33. The monoisotopic (exact) mass is 503 g/mol. The van der Waals surface area contributed by atoms with Crippen molar-refractivity contribution in [2.75, 3.05) is 4.90 Å². The second-order valence-electron chi connectivity index (χ2n) is 9.44. The van der Waals surface area contributed by atoms with E-state index in [1.54, 1.807) is 0 Å². The predicted molar refractivity (Wildman–Crippen MR) is 165 cm³/mol. The molecule has 7 aromatic rings. The lowest BCUT2D eigenvalue weighted by Crippen LogP contribution is -2.09. The van der Waals surface area contributed by atoms with Gasteiger partial charge in [0.25, 0.3) is 0 Å². The van der Waals surface area contributed by atoms with Crippen molar-refractivity contribution in [3.05, 3.63) is 152 Å². The molecule has 0 N–H and O–H groups in total. The third kappa shape index (κ3) is 4.15. The molecule has 0 atom stereocenters. The standard InChI is InChI=1S/C36H25NS/c1-3-9-26(10-4-1)27-15-20-31(21-16-27)37(30-11-5-2-6-12-30)32-22-17-28(18-23-32)29-19-24-34-33-13-7-8-14-35(33)38-36(34)25-29/h1-25H. The first kappa shape index (κ1) is 22.5. The van der Waals surface area contributed by atoms with Gasteiger partial charge in [0.1, 0.15) is 0 Å². The van der Waals surface area contributed by atoms with E-state index in [4.69, 9.17) is 0 Å². The van der Waals surface area contributed by atoms with Gasteiger partial charge in [-0.15, -0.1) is 11.3 Å². The summed E-state index contributed by atoms with van der Waals surface area (Å²) in [6.45, 7) is 0. The Labute approximate surface area is 226 Å². The summed E-state index contributed by atoms with van der Waals surface area (Å²) in [5.74, 6) is 0. The van der Waals surface area contributed by atoms with Crippen molar-refractivity contribution in [1.82, 2.24) is 0 Å². The maximum absolute atomic E-state index is 2.33. The summed E-state index contributed by atoms with van der Waals surface area (Å²) in [5, 5.41) is 2.67. The first-order valence-corrected chi connectivity index (χ1v) is 13.7. The third-order valence-electron chi connectivity index (χ3n) is 7.08. The van der Waals surface area contributed by atoms with E-state index in [0.717, 1.165) is 17.1 Å². The molecule has 0 saturated heterocycles. The maximum Gasteiger partial charge on any atom is 0.0462 e.